The number of esters is 1. The largest absolute Gasteiger partial charge is 0.466 e. The number of hydrogen-bond donors (Lipinski definition) is 2. The minimum Gasteiger partial charge on any atom is -0.466 e. The average Bonchev–Trinajstić information content (AvgIpc) is 2.37. The second-order valence-electron chi connectivity index (χ2n) is 5.40. The van der Waals surface area contributed by atoms with Crippen LogP contribution in [0.1, 0.15) is 46.5 Å². The van der Waals surface area contributed by atoms with Crippen molar-refractivity contribution in [1.29, 1.82) is 0 Å². The molecule has 0 spiro atoms. The van der Waals surface area contributed by atoms with Crippen LogP contribution in [0, 0.1) is 5.92 Å². The Balaban J connectivity index is 2.22. The van der Waals surface area contributed by atoms with E-state index in [1.54, 1.807) is 0 Å². The molecule has 0 atom stereocenters. The van der Waals surface area contributed by atoms with Crippen LogP contribution in [0.25, 0.3) is 0 Å². The number of carbonyl (C=O) groups excluding carboxylic acids is 2. The molecular weight excluding hydrogens is 244 g/mol. The van der Waals surface area contributed by atoms with Crippen molar-refractivity contribution in [3.05, 3.63) is 0 Å². The third-order valence-corrected chi connectivity index (χ3v) is 3.38. The highest BCUT2D eigenvalue weighted by Gasteiger charge is 2.27. The lowest BCUT2D eigenvalue weighted by molar-refractivity contribution is -0.149. The fraction of sp³-hybridized carbons (Fsp3) is 0.857. The summed E-state index contributed by atoms with van der Waals surface area (Å²) in [6.07, 6.45) is 3.33. The fourth-order valence-electron chi connectivity index (χ4n) is 2.31. The van der Waals surface area contributed by atoms with Gasteiger partial charge in [-0.15, -0.1) is 0 Å². The van der Waals surface area contributed by atoms with Crippen LogP contribution in [0.15, 0.2) is 0 Å². The molecule has 1 aliphatic rings. The highest BCUT2D eigenvalue weighted by atomic mass is 16.5. The molecule has 0 aromatic rings. The molecule has 0 heterocycles. The number of hydrogen-bond acceptors (Lipinski definition) is 4. The van der Waals surface area contributed by atoms with Gasteiger partial charge in [0.2, 0.25) is 5.91 Å². The van der Waals surface area contributed by atoms with Gasteiger partial charge in [-0.1, -0.05) is 13.8 Å². The third kappa shape index (κ3) is 6.05. The lowest BCUT2D eigenvalue weighted by atomic mass is 9.86. The summed E-state index contributed by atoms with van der Waals surface area (Å²) in [6, 6.07) is 0.512. The van der Waals surface area contributed by atoms with E-state index in [9.17, 15) is 9.59 Å². The summed E-state index contributed by atoms with van der Waals surface area (Å²) in [7, 11) is 0. The molecule has 1 rings (SSSR count). The molecule has 0 bridgehead atoms. The second kappa shape index (κ2) is 8.15. The number of rotatable bonds is 6. The number of ether oxygens (including phenoxy) is 1. The molecule has 19 heavy (non-hydrogen) atoms. The minimum absolute atomic E-state index is 0.0156. The van der Waals surface area contributed by atoms with Crippen LogP contribution in [-0.2, 0) is 14.3 Å². The van der Waals surface area contributed by atoms with Crippen molar-refractivity contribution in [3.8, 4) is 0 Å². The second-order valence-corrected chi connectivity index (χ2v) is 5.40. The molecular formula is C14H26N2O3. The summed E-state index contributed by atoms with van der Waals surface area (Å²) in [5, 5.41) is 6.10. The maximum absolute atomic E-state index is 11.7. The third-order valence-electron chi connectivity index (χ3n) is 3.38. The van der Waals surface area contributed by atoms with Gasteiger partial charge in [-0.3, -0.25) is 9.59 Å². The first kappa shape index (κ1) is 16.0. The van der Waals surface area contributed by atoms with Gasteiger partial charge in [0.05, 0.1) is 19.1 Å². The van der Waals surface area contributed by atoms with Crippen LogP contribution in [0.2, 0.25) is 0 Å². The average molecular weight is 270 g/mol. The van der Waals surface area contributed by atoms with Gasteiger partial charge in [0, 0.05) is 12.1 Å². The Bertz CT molecular complexity index is 297. The monoisotopic (exact) mass is 270 g/mol. The van der Waals surface area contributed by atoms with Crippen molar-refractivity contribution in [2.45, 2.75) is 58.5 Å². The fourth-order valence-corrected chi connectivity index (χ4v) is 2.31. The van der Waals surface area contributed by atoms with E-state index in [4.69, 9.17) is 4.74 Å². The Kier molecular flexibility index (Phi) is 6.84. The van der Waals surface area contributed by atoms with Crippen LogP contribution in [-0.4, -0.2) is 37.1 Å². The topological polar surface area (TPSA) is 67.4 Å². The van der Waals surface area contributed by atoms with Crippen molar-refractivity contribution in [3.63, 3.8) is 0 Å². The van der Waals surface area contributed by atoms with E-state index in [2.05, 4.69) is 10.6 Å². The number of carbonyl (C=O) groups is 2. The van der Waals surface area contributed by atoms with Gasteiger partial charge in [-0.2, -0.15) is 0 Å². The molecule has 0 saturated heterocycles. The van der Waals surface area contributed by atoms with Gasteiger partial charge in [-0.25, -0.2) is 0 Å². The summed E-state index contributed by atoms with van der Waals surface area (Å²) >= 11 is 0. The Morgan fingerprint density at radius 1 is 1.21 bits per heavy atom. The molecule has 5 nitrogen and oxygen atoms in total. The number of amides is 1. The quantitative estimate of drug-likeness (QED) is 0.712. The first-order valence-corrected chi connectivity index (χ1v) is 7.22. The van der Waals surface area contributed by atoms with Crippen LogP contribution in [0.5, 0.6) is 0 Å². The lowest BCUT2D eigenvalue weighted by Gasteiger charge is -2.28. The molecule has 0 unspecified atom stereocenters. The van der Waals surface area contributed by atoms with E-state index in [-0.39, 0.29) is 23.8 Å². The van der Waals surface area contributed by atoms with Crippen molar-refractivity contribution in [1.82, 2.24) is 10.6 Å². The zero-order chi connectivity index (χ0) is 14.3. The standard InChI is InChI=1S/C14H26N2O3/c1-4-19-14(18)11-5-7-12(8-6-11)16-13(17)9-15-10(2)3/h10-12,15H,4-9H2,1-3H3,(H,16,17). The Labute approximate surface area is 115 Å². The normalized spacial score (nSPS) is 23.2. The molecule has 1 aliphatic carbocycles. The van der Waals surface area contributed by atoms with Gasteiger partial charge in [0.1, 0.15) is 0 Å². The Hall–Kier alpha value is -1.10. The van der Waals surface area contributed by atoms with Crippen molar-refractivity contribution in [2.75, 3.05) is 13.2 Å². The van der Waals surface area contributed by atoms with Crippen molar-refractivity contribution < 1.29 is 14.3 Å². The molecule has 2 N–H and O–H groups in total. The molecule has 110 valence electrons. The molecule has 5 heteroatoms. The van der Waals surface area contributed by atoms with Crippen molar-refractivity contribution in [2.24, 2.45) is 5.92 Å². The molecule has 1 fully saturated rings. The van der Waals surface area contributed by atoms with E-state index in [1.165, 1.54) is 0 Å². The molecule has 0 aromatic heterocycles. The summed E-state index contributed by atoms with van der Waals surface area (Å²) in [4.78, 5) is 23.3. The van der Waals surface area contributed by atoms with Gasteiger partial charge in [0.15, 0.2) is 0 Å². The Morgan fingerprint density at radius 3 is 2.37 bits per heavy atom. The Morgan fingerprint density at radius 2 is 1.84 bits per heavy atom. The van der Waals surface area contributed by atoms with Crippen molar-refractivity contribution >= 4 is 11.9 Å². The maximum atomic E-state index is 11.7. The first-order chi connectivity index (χ1) is 9.02. The molecule has 1 saturated carbocycles. The van der Waals surface area contributed by atoms with E-state index in [1.807, 2.05) is 20.8 Å². The highest BCUT2D eigenvalue weighted by Crippen LogP contribution is 2.25. The van der Waals surface area contributed by atoms with E-state index < -0.39 is 0 Å². The van der Waals surface area contributed by atoms with Gasteiger partial charge in [0.25, 0.3) is 0 Å². The molecule has 0 aromatic carbocycles. The zero-order valence-electron chi connectivity index (χ0n) is 12.2. The summed E-state index contributed by atoms with van der Waals surface area (Å²) in [5.41, 5.74) is 0. The maximum Gasteiger partial charge on any atom is 0.308 e. The van der Waals surface area contributed by atoms with Gasteiger partial charge >= 0.3 is 5.97 Å². The smallest absolute Gasteiger partial charge is 0.308 e. The van der Waals surface area contributed by atoms with Gasteiger partial charge < -0.3 is 15.4 Å². The SMILES string of the molecule is CCOC(=O)C1CCC(NC(=O)CNC(C)C)CC1. The molecule has 0 radical (unpaired) electrons. The first-order valence-electron chi connectivity index (χ1n) is 7.22. The minimum atomic E-state index is -0.0891. The lowest BCUT2D eigenvalue weighted by Crippen LogP contribution is -2.44. The van der Waals surface area contributed by atoms with Crippen LogP contribution < -0.4 is 10.6 Å². The molecule has 1 amide bonds. The number of nitrogens with one attached hydrogen (secondary N) is 2. The van der Waals surface area contributed by atoms with E-state index >= 15 is 0 Å². The van der Waals surface area contributed by atoms with E-state index in [0.717, 1.165) is 25.7 Å². The van der Waals surface area contributed by atoms with Crippen LogP contribution in [0.4, 0.5) is 0 Å². The predicted molar refractivity (Wildman–Crippen MR) is 73.7 cm³/mol. The zero-order valence-corrected chi connectivity index (χ0v) is 12.2. The molecule has 0 aliphatic heterocycles. The predicted octanol–water partition coefficient (Wildman–Crippen LogP) is 1.22. The van der Waals surface area contributed by atoms with Crippen LogP contribution in [0.3, 0.4) is 0 Å². The van der Waals surface area contributed by atoms with Crippen LogP contribution >= 0.6 is 0 Å². The highest BCUT2D eigenvalue weighted by molar-refractivity contribution is 5.78. The van der Waals surface area contributed by atoms with E-state index in [0.29, 0.717) is 19.2 Å². The summed E-state index contributed by atoms with van der Waals surface area (Å²) in [5.74, 6) is -0.0380. The summed E-state index contributed by atoms with van der Waals surface area (Å²) < 4.78 is 5.03. The van der Waals surface area contributed by atoms with Gasteiger partial charge in [-0.05, 0) is 32.6 Å². The summed E-state index contributed by atoms with van der Waals surface area (Å²) in [6.45, 7) is 6.65.